The van der Waals surface area contributed by atoms with Crippen LogP contribution in [0.4, 0.5) is 0 Å². The van der Waals surface area contributed by atoms with Gasteiger partial charge in [0.05, 0.1) is 0 Å². The van der Waals surface area contributed by atoms with Gasteiger partial charge in [-0.3, -0.25) is 0 Å². The first-order valence-electron chi connectivity index (χ1n) is 5.88. The van der Waals surface area contributed by atoms with Gasteiger partial charge in [0.25, 0.3) is 0 Å². The molecule has 0 aliphatic heterocycles. The van der Waals surface area contributed by atoms with Crippen molar-refractivity contribution in [2.24, 2.45) is 23.0 Å². The fraction of sp³-hybridized carbons (Fsp3) is 1.00. The molecule has 1 heteroatoms. The van der Waals surface area contributed by atoms with Crippen LogP contribution in [-0.4, -0.2) is 6.04 Å². The van der Waals surface area contributed by atoms with E-state index in [4.69, 9.17) is 5.73 Å². The molecule has 3 unspecified atom stereocenters. The van der Waals surface area contributed by atoms with E-state index < -0.39 is 0 Å². The van der Waals surface area contributed by atoms with Crippen molar-refractivity contribution in [1.82, 2.24) is 0 Å². The van der Waals surface area contributed by atoms with Gasteiger partial charge in [0.15, 0.2) is 0 Å². The van der Waals surface area contributed by atoms with Crippen molar-refractivity contribution in [1.29, 1.82) is 0 Å². The van der Waals surface area contributed by atoms with Gasteiger partial charge in [0, 0.05) is 6.04 Å². The summed E-state index contributed by atoms with van der Waals surface area (Å²) in [4.78, 5) is 0. The predicted octanol–water partition coefficient (Wildman–Crippen LogP) is 2.94. The number of hydrogen-bond donors (Lipinski definition) is 1. The van der Waals surface area contributed by atoms with Crippen LogP contribution in [0.5, 0.6) is 0 Å². The predicted molar refractivity (Wildman–Crippen MR) is 56.4 cm³/mol. The Morgan fingerprint density at radius 1 is 1.38 bits per heavy atom. The van der Waals surface area contributed by atoms with Crippen molar-refractivity contribution >= 4 is 0 Å². The molecule has 0 aromatic rings. The molecule has 3 atom stereocenters. The molecule has 76 valence electrons. The van der Waals surface area contributed by atoms with Crippen LogP contribution in [0, 0.1) is 17.3 Å². The van der Waals surface area contributed by atoms with Crippen LogP contribution in [-0.2, 0) is 0 Å². The van der Waals surface area contributed by atoms with Crippen molar-refractivity contribution in [2.45, 2.75) is 58.4 Å². The van der Waals surface area contributed by atoms with Crippen LogP contribution < -0.4 is 5.73 Å². The highest BCUT2D eigenvalue weighted by atomic mass is 14.8. The van der Waals surface area contributed by atoms with Gasteiger partial charge in [-0.05, 0) is 42.9 Å². The highest BCUT2D eigenvalue weighted by molar-refractivity contribution is 5.08. The second-order valence-electron chi connectivity index (χ2n) is 5.76. The minimum atomic E-state index is 0.558. The topological polar surface area (TPSA) is 26.0 Å². The molecule has 0 aromatic heterocycles. The summed E-state index contributed by atoms with van der Waals surface area (Å²) in [6.07, 6.45) is 8.50. The molecular formula is C12H23N. The molecule has 2 aliphatic rings. The monoisotopic (exact) mass is 181 g/mol. The smallest absolute Gasteiger partial charge is 0.0102 e. The molecule has 1 spiro atoms. The normalized spacial score (nSPS) is 44.3. The molecule has 13 heavy (non-hydrogen) atoms. The summed E-state index contributed by atoms with van der Waals surface area (Å²) < 4.78 is 0. The molecule has 2 N–H and O–H groups in total. The Bertz CT molecular complexity index is 188. The van der Waals surface area contributed by atoms with E-state index in [2.05, 4.69) is 13.8 Å². The van der Waals surface area contributed by atoms with E-state index in [-0.39, 0.29) is 0 Å². The van der Waals surface area contributed by atoms with Crippen LogP contribution in [0.15, 0.2) is 0 Å². The van der Waals surface area contributed by atoms with E-state index in [0.717, 1.165) is 11.8 Å². The van der Waals surface area contributed by atoms with E-state index in [0.29, 0.717) is 11.5 Å². The highest BCUT2D eigenvalue weighted by Gasteiger charge is 2.53. The summed E-state index contributed by atoms with van der Waals surface area (Å²) in [5.74, 6) is 1.86. The largest absolute Gasteiger partial charge is 0.327 e. The van der Waals surface area contributed by atoms with Crippen molar-refractivity contribution in [3.05, 3.63) is 0 Å². The van der Waals surface area contributed by atoms with Gasteiger partial charge < -0.3 is 5.73 Å². The maximum absolute atomic E-state index is 6.02. The average Bonchev–Trinajstić information content (AvgIpc) is 2.59. The number of rotatable bonds is 2. The van der Waals surface area contributed by atoms with Crippen molar-refractivity contribution in [3.8, 4) is 0 Å². The summed E-state index contributed by atoms with van der Waals surface area (Å²) in [6.45, 7) is 4.68. The fourth-order valence-corrected chi connectivity index (χ4v) is 3.29. The number of hydrogen-bond acceptors (Lipinski definition) is 1. The Kier molecular flexibility index (Phi) is 2.39. The number of nitrogens with two attached hydrogens (primary N) is 1. The maximum atomic E-state index is 6.02. The van der Waals surface area contributed by atoms with Gasteiger partial charge in [0.2, 0.25) is 0 Å². The van der Waals surface area contributed by atoms with Gasteiger partial charge in [-0.15, -0.1) is 0 Å². The quantitative estimate of drug-likeness (QED) is 0.696. The lowest BCUT2D eigenvalue weighted by Crippen LogP contribution is -2.23. The van der Waals surface area contributed by atoms with E-state index in [1.807, 2.05) is 0 Å². The summed E-state index contributed by atoms with van der Waals surface area (Å²) in [5, 5.41) is 0. The molecule has 0 amide bonds. The van der Waals surface area contributed by atoms with Gasteiger partial charge in [-0.2, -0.15) is 0 Å². The molecule has 0 radical (unpaired) electrons. The minimum absolute atomic E-state index is 0.558. The summed E-state index contributed by atoms with van der Waals surface area (Å²) >= 11 is 0. The fourth-order valence-electron chi connectivity index (χ4n) is 3.29. The molecule has 0 bridgehead atoms. The van der Waals surface area contributed by atoms with Gasteiger partial charge >= 0.3 is 0 Å². The summed E-state index contributed by atoms with van der Waals surface area (Å²) in [6, 6.07) is 0.558. The molecule has 1 nitrogen and oxygen atoms in total. The molecule has 2 rings (SSSR count). The molecule has 2 aliphatic carbocycles. The molecule has 2 saturated carbocycles. The average molecular weight is 181 g/mol. The third-order valence-electron chi connectivity index (χ3n) is 4.04. The molecular weight excluding hydrogens is 158 g/mol. The van der Waals surface area contributed by atoms with E-state index in [1.54, 1.807) is 0 Å². The zero-order valence-corrected chi connectivity index (χ0v) is 9.05. The summed E-state index contributed by atoms with van der Waals surface area (Å²) in [5.41, 5.74) is 6.65. The lowest BCUT2D eigenvalue weighted by molar-refractivity contribution is 0.214. The van der Waals surface area contributed by atoms with E-state index in [9.17, 15) is 0 Å². The molecule has 0 aromatic carbocycles. The van der Waals surface area contributed by atoms with Crippen LogP contribution in [0.25, 0.3) is 0 Å². The van der Waals surface area contributed by atoms with Crippen molar-refractivity contribution < 1.29 is 0 Å². The van der Waals surface area contributed by atoms with E-state index >= 15 is 0 Å². The second kappa shape index (κ2) is 3.27. The summed E-state index contributed by atoms with van der Waals surface area (Å²) in [7, 11) is 0. The molecule has 0 saturated heterocycles. The lowest BCUT2D eigenvalue weighted by atomic mass is 9.75. The first-order chi connectivity index (χ1) is 6.12. The Balaban J connectivity index is 1.86. The van der Waals surface area contributed by atoms with Crippen LogP contribution in [0.1, 0.15) is 52.4 Å². The third-order valence-corrected chi connectivity index (χ3v) is 4.04. The standard InChI is InChI=1S/C12H23N/c1-9(2)6-10-4-3-5-12(7-10)8-11(12)13/h9-11H,3-8,13H2,1-2H3. The zero-order valence-electron chi connectivity index (χ0n) is 9.05. The van der Waals surface area contributed by atoms with Crippen molar-refractivity contribution in [2.75, 3.05) is 0 Å². The Labute approximate surface area is 82.1 Å². The Morgan fingerprint density at radius 2 is 2.08 bits per heavy atom. The first-order valence-corrected chi connectivity index (χ1v) is 5.88. The Morgan fingerprint density at radius 3 is 2.62 bits per heavy atom. The van der Waals surface area contributed by atoms with Gasteiger partial charge in [-0.1, -0.05) is 26.7 Å². The lowest BCUT2D eigenvalue weighted by Gasteiger charge is -2.30. The highest BCUT2D eigenvalue weighted by Crippen LogP contribution is 2.57. The van der Waals surface area contributed by atoms with Gasteiger partial charge in [0.1, 0.15) is 0 Å². The van der Waals surface area contributed by atoms with Crippen LogP contribution in [0.2, 0.25) is 0 Å². The molecule has 0 heterocycles. The SMILES string of the molecule is CC(C)CC1CCCC2(C1)CC2N. The first kappa shape index (κ1) is 9.51. The maximum Gasteiger partial charge on any atom is 0.0102 e. The zero-order chi connectivity index (χ0) is 9.47. The van der Waals surface area contributed by atoms with Crippen LogP contribution in [0.3, 0.4) is 0 Å². The minimum Gasteiger partial charge on any atom is -0.327 e. The third kappa shape index (κ3) is 1.90. The van der Waals surface area contributed by atoms with Crippen molar-refractivity contribution in [3.63, 3.8) is 0 Å². The van der Waals surface area contributed by atoms with E-state index in [1.165, 1.54) is 38.5 Å². The molecule has 2 fully saturated rings. The Hall–Kier alpha value is -0.0400. The van der Waals surface area contributed by atoms with Gasteiger partial charge in [-0.25, -0.2) is 0 Å². The second-order valence-corrected chi connectivity index (χ2v) is 5.76. The van der Waals surface area contributed by atoms with Crippen LogP contribution >= 0.6 is 0 Å².